The summed E-state index contributed by atoms with van der Waals surface area (Å²) >= 11 is 7.75. The average molecular weight is 339 g/mol. The van der Waals surface area contributed by atoms with Gasteiger partial charge < -0.3 is 0 Å². The Hall–Kier alpha value is -1.50. The highest BCUT2D eigenvalue weighted by molar-refractivity contribution is 7.91. The first-order valence-electron chi connectivity index (χ1n) is 6.24. The molecule has 0 saturated carbocycles. The van der Waals surface area contributed by atoms with E-state index in [1.54, 1.807) is 30.4 Å². The number of rotatable bonds is 3. The number of aromatic nitrogens is 2. The van der Waals surface area contributed by atoms with Crippen molar-refractivity contribution in [2.75, 3.05) is 5.75 Å². The summed E-state index contributed by atoms with van der Waals surface area (Å²) in [5.74, 6) is 0.587. The van der Waals surface area contributed by atoms with Crippen LogP contribution in [0.1, 0.15) is 6.92 Å². The number of sulfone groups is 1. The van der Waals surface area contributed by atoms with E-state index in [2.05, 4.69) is 9.97 Å². The van der Waals surface area contributed by atoms with Gasteiger partial charge in [-0.2, -0.15) is 11.3 Å². The molecule has 0 spiro atoms. The molecule has 0 bridgehead atoms. The smallest absolute Gasteiger partial charge is 0.178 e. The Balaban J connectivity index is 2.21. The SMILES string of the molecule is CCS(=O)(=O)c1ccc2nc(-c3ccsc3)nc(Cl)c2c1. The van der Waals surface area contributed by atoms with Gasteiger partial charge in [-0.05, 0) is 29.6 Å². The van der Waals surface area contributed by atoms with Crippen LogP contribution in [0.15, 0.2) is 39.9 Å². The van der Waals surface area contributed by atoms with Gasteiger partial charge in [-0.3, -0.25) is 0 Å². The van der Waals surface area contributed by atoms with Gasteiger partial charge >= 0.3 is 0 Å². The second-order valence-electron chi connectivity index (χ2n) is 4.43. The van der Waals surface area contributed by atoms with Gasteiger partial charge in [0, 0.05) is 16.3 Å². The van der Waals surface area contributed by atoms with Crippen LogP contribution in [-0.4, -0.2) is 24.1 Å². The van der Waals surface area contributed by atoms with Gasteiger partial charge in [-0.15, -0.1) is 0 Å². The average Bonchev–Trinajstić information content (AvgIpc) is 3.01. The molecule has 108 valence electrons. The maximum atomic E-state index is 11.9. The van der Waals surface area contributed by atoms with Crippen molar-refractivity contribution in [2.45, 2.75) is 11.8 Å². The molecule has 4 nitrogen and oxygen atoms in total. The van der Waals surface area contributed by atoms with E-state index < -0.39 is 9.84 Å². The zero-order valence-electron chi connectivity index (χ0n) is 11.1. The Bertz CT molecular complexity index is 906. The van der Waals surface area contributed by atoms with E-state index in [1.807, 2.05) is 16.8 Å². The van der Waals surface area contributed by atoms with Crippen molar-refractivity contribution >= 4 is 43.7 Å². The molecule has 3 aromatic rings. The molecule has 2 aromatic heterocycles. The summed E-state index contributed by atoms with van der Waals surface area (Å²) in [6, 6.07) is 6.68. The standard InChI is InChI=1S/C14H11ClN2O2S2/c1-2-21(18,19)10-3-4-12-11(7-10)13(15)17-14(16-12)9-5-6-20-8-9/h3-8H,2H2,1H3. The predicted molar refractivity (Wildman–Crippen MR) is 85.6 cm³/mol. The molecule has 0 fully saturated rings. The Morgan fingerprint density at radius 1 is 1.24 bits per heavy atom. The Morgan fingerprint density at radius 3 is 2.71 bits per heavy atom. The summed E-state index contributed by atoms with van der Waals surface area (Å²) in [7, 11) is -3.27. The molecule has 1 aromatic carbocycles. The van der Waals surface area contributed by atoms with Gasteiger partial charge in [0.1, 0.15) is 5.15 Å². The van der Waals surface area contributed by atoms with Crippen molar-refractivity contribution in [3.05, 3.63) is 40.2 Å². The van der Waals surface area contributed by atoms with Crippen molar-refractivity contribution in [3.63, 3.8) is 0 Å². The lowest BCUT2D eigenvalue weighted by atomic mass is 10.2. The number of thiophene rings is 1. The van der Waals surface area contributed by atoms with Crippen molar-refractivity contribution < 1.29 is 8.42 Å². The fraction of sp³-hybridized carbons (Fsp3) is 0.143. The van der Waals surface area contributed by atoms with Gasteiger partial charge in [0.05, 0.1) is 16.2 Å². The third-order valence-corrected chi connectivity index (χ3v) is 5.84. The molecule has 2 heterocycles. The van der Waals surface area contributed by atoms with Crippen LogP contribution in [0.2, 0.25) is 5.15 Å². The molecule has 3 rings (SSSR count). The van der Waals surface area contributed by atoms with E-state index in [-0.39, 0.29) is 15.8 Å². The Kier molecular flexibility index (Phi) is 3.69. The van der Waals surface area contributed by atoms with Gasteiger partial charge in [-0.1, -0.05) is 18.5 Å². The molecule has 0 amide bonds. The fourth-order valence-electron chi connectivity index (χ4n) is 1.95. The van der Waals surface area contributed by atoms with Gasteiger partial charge in [0.25, 0.3) is 0 Å². The third kappa shape index (κ3) is 2.66. The first-order valence-corrected chi connectivity index (χ1v) is 9.21. The molecule has 0 atom stereocenters. The summed E-state index contributed by atoms with van der Waals surface area (Å²) in [4.78, 5) is 8.94. The summed E-state index contributed by atoms with van der Waals surface area (Å²) in [6.07, 6.45) is 0. The highest BCUT2D eigenvalue weighted by Crippen LogP contribution is 2.28. The van der Waals surface area contributed by atoms with Crippen molar-refractivity contribution in [3.8, 4) is 11.4 Å². The van der Waals surface area contributed by atoms with Crippen LogP contribution in [0.3, 0.4) is 0 Å². The number of hydrogen-bond donors (Lipinski definition) is 0. The molecule has 7 heteroatoms. The molecule has 21 heavy (non-hydrogen) atoms. The van der Waals surface area contributed by atoms with Crippen LogP contribution in [0.5, 0.6) is 0 Å². The van der Waals surface area contributed by atoms with E-state index in [0.717, 1.165) is 5.56 Å². The van der Waals surface area contributed by atoms with E-state index >= 15 is 0 Å². The monoisotopic (exact) mass is 338 g/mol. The van der Waals surface area contributed by atoms with Crippen LogP contribution < -0.4 is 0 Å². The highest BCUT2D eigenvalue weighted by atomic mass is 35.5. The largest absolute Gasteiger partial charge is 0.228 e. The van der Waals surface area contributed by atoms with E-state index in [0.29, 0.717) is 16.7 Å². The normalized spacial score (nSPS) is 11.9. The van der Waals surface area contributed by atoms with Crippen LogP contribution >= 0.6 is 22.9 Å². The second-order valence-corrected chi connectivity index (χ2v) is 7.85. The van der Waals surface area contributed by atoms with Crippen molar-refractivity contribution in [1.82, 2.24) is 9.97 Å². The summed E-state index contributed by atoms with van der Waals surface area (Å²) in [5.41, 5.74) is 1.53. The van der Waals surface area contributed by atoms with Crippen molar-refractivity contribution in [1.29, 1.82) is 0 Å². The molecule has 0 N–H and O–H groups in total. The third-order valence-electron chi connectivity index (χ3n) is 3.14. The van der Waals surface area contributed by atoms with Crippen molar-refractivity contribution in [2.24, 2.45) is 0 Å². The van der Waals surface area contributed by atoms with E-state index in [9.17, 15) is 8.42 Å². The summed E-state index contributed by atoms with van der Waals surface area (Å²) in [6.45, 7) is 1.61. The molecule has 0 aliphatic rings. The lowest BCUT2D eigenvalue weighted by Gasteiger charge is -2.06. The number of benzene rings is 1. The zero-order valence-corrected chi connectivity index (χ0v) is 13.5. The highest BCUT2D eigenvalue weighted by Gasteiger charge is 2.15. The maximum absolute atomic E-state index is 11.9. The summed E-state index contributed by atoms with van der Waals surface area (Å²) < 4.78 is 23.9. The van der Waals surface area contributed by atoms with E-state index in [1.165, 1.54) is 6.07 Å². The Labute approximate surface area is 131 Å². The van der Waals surface area contributed by atoms with Crippen LogP contribution in [-0.2, 0) is 9.84 Å². The Morgan fingerprint density at radius 2 is 2.05 bits per heavy atom. The molecular weight excluding hydrogens is 328 g/mol. The molecule has 0 unspecified atom stereocenters. The first kappa shape index (κ1) is 14.4. The zero-order chi connectivity index (χ0) is 15.0. The predicted octanol–water partition coefficient (Wildman–Crippen LogP) is 3.81. The number of fused-ring (bicyclic) bond motifs is 1. The van der Waals surface area contributed by atoms with Crippen LogP contribution in [0, 0.1) is 0 Å². The molecule has 0 aliphatic heterocycles. The quantitative estimate of drug-likeness (QED) is 0.681. The minimum Gasteiger partial charge on any atom is -0.228 e. The van der Waals surface area contributed by atoms with Gasteiger partial charge in [0.15, 0.2) is 15.7 Å². The topological polar surface area (TPSA) is 59.9 Å². The molecule has 0 radical (unpaired) electrons. The summed E-state index contributed by atoms with van der Waals surface area (Å²) in [5, 5.41) is 4.68. The first-order chi connectivity index (χ1) is 10.0. The minimum atomic E-state index is -3.27. The minimum absolute atomic E-state index is 0.0456. The van der Waals surface area contributed by atoms with E-state index in [4.69, 9.17) is 11.6 Å². The number of halogens is 1. The van der Waals surface area contributed by atoms with Gasteiger partial charge in [0.2, 0.25) is 0 Å². The van der Waals surface area contributed by atoms with Crippen LogP contribution in [0.4, 0.5) is 0 Å². The van der Waals surface area contributed by atoms with Crippen LogP contribution in [0.25, 0.3) is 22.3 Å². The maximum Gasteiger partial charge on any atom is 0.178 e. The lowest BCUT2D eigenvalue weighted by Crippen LogP contribution is -2.03. The fourth-order valence-corrected chi connectivity index (χ4v) is 3.72. The molecule has 0 saturated heterocycles. The second kappa shape index (κ2) is 5.36. The lowest BCUT2D eigenvalue weighted by molar-refractivity contribution is 0.597. The number of hydrogen-bond acceptors (Lipinski definition) is 5. The molecule has 0 aliphatic carbocycles. The number of nitrogens with zero attached hydrogens (tertiary/aromatic N) is 2. The van der Waals surface area contributed by atoms with Gasteiger partial charge in [-0.25, -0.2) is 18.4 Å². The molecular formula is C14H11ClN2O2S2.